The number of aromatic nitrogens is 4. The average molecular weight is 572 g/mol. The molecule has 6 rings (SSSR count). The number of aliphatic hydroxyl groups excluding tert-OH is 1. The number of hydrogen-bond donors (Lipinski definition) is 2. The van der Waals surface area contributed by atoms with Crippen LogP contribution in [0, 0.1) is 5.92 Å². The summed E-state index contributed by atoms with van der Waals surface area (Å²) >= 11 is 13.5. The van der Waals surface area contributed by atoms with Gasteiger partial charge in [0.1, 0.15) is 11.7 Å². The highest BCUT2D eigenvalue weighted by molar-refractivity contribution is 6.42. The van der Waals surface area contributed by atoms with Crippen molar-refractivity contribution < 1.29 is 19.4 Å². The maximum absolute atomic E-state index is 14.0. The molecule has 0 aliphatic carbocycles. The number of carboxylic acids is 1. The fourth-order valence-electron chi connectivity index (χ4n) is 5.58. The Bertz CT molecular complexity index is 1550. The first-order valence-corrected chi connectivity index (χ1v) is 13.7. The molecule has 0 saturated carbocycles. The summed E-state index contributed by atoms with van der Waals surface area (Å²) in [5, 5.41) is 25.6. The first-order chi connectivity index (χ1) is 18.7. The van der Waals surface area contributed by atoms with Gasteiger partial charge in [-0.2, -0.15) is 5.10 Å². The van der Waals surface area contributed by atoms with Gasteiger partial charge < -0.3 is 19.7 Å². The van der Waals surface area contributed by atoms with Crippen LogP contribution in [0.15, 0.2) is 42.9 Å². The van der Waals surface area contributed by atoms with Crippen LogP contribution in [-0.4, -0.2) is 72.3 Å². The molecule has 4 heterocycles. The molecule has 0 bridgehead atoms. The molecule has 2 aliphatic rings. The van der Waals surface area contributed by atoms with Gasteiger partial charge in [0.2, 0.25) is 0 Å². The molecule has 11 heteroatoms. The van der Waals surface area contributed by atoms with E-state index in [1.807, 2.05) is 19.1 Å². The van der Waals surface area contributed by atoms with Gasteiger partial charge in [-0.1, -0.05) is 47.5 Å². The number of carboxylic acid groups (broad SMARTS) is 1. The van der Waals surface area contributed by atoms with Crippen molar-refractivity contribution in [1.29, 1.82) is 0 Å². The first-order valence-electron chi connectivity index (χ1n) is 13.0. The molecule has 3 atom stereocenters. The van der Waals surface area contributed by atoms with Crippen molar-refractivity contribution >= 4 is 40.1 Å². The summed E-state index contributed by atoms with van der Waals surface area (Å²) in [7, 11) is 0. The lowest BCUT2D eigenvalue weighted by atomic mass is 9.94. The molecule has 0 amide bonds. The fourth-order valence-corrected chi connectivity index (χ4v) is 6.13. The Hall–Kier alpha value is -2.98. The van der Waals surface area contributed by atoms with Crippen LogP contribution in [-0.2, 0) is 24.2 Å². The summed E-state index contributed by atoms with van der Waals surface area (Å²) in [6.45, 7) is 4.81. The van der Waals surface area contributed by atoms with Crippen LogP contribution in [0.1, 0.15) is 29.9 Å². The van der Waals surface area contributed by atoms with E-state index in [0.29, 0.717) is 38.1 Å². The lowest BCUT2D eigenvalue weighted by Gasteiger charge is -2.40. The van der Waals surface area contributed by atoms with Crippen molar-refractivity contribution in [2.45, 2.75) is 44.6 Å². The quantitative estimate of drug-likeness (QED) is 0.320. The van der Waals surface area contributed by atoms with Gasteiger partial charge in [-0.3, -0.25) is 4.68 Å². The molecule has 8 nitrogen and oxygen atoms in total. The molecular weight excluding hydrogens is 544 g/mol. The molecule has 204 valence electrons. The predicted molar refractivity (Wildman–Crippen MR) is 147 cm³/mol. The molecule has 0 spiro atoms. The zero-order valence-corrected chi connectivity index (χ0v) is 22.8. The van der Waals surface area contributed by atoms with Crippen molar-refractivity contribution in [3.63, 3.8) is 0 Å². The third kappa shape index (κ3) is 4.82. The van der Waals surface area contributed by atoms with E-state index in [9.17, 15) is 19.4 Å². The number of hydrogen-bond acceptors (Lipinski definition) is 5. The highest BCUT2D eigenvalue weighted by Crippen LogP contribution is 2.39. The van der Waals surface area contributed by atoms with E-state index in [1.54, 1.807) is 16.8 Å². The summed E-state index contributed by atoms with van der Waals surface area (Å²) in [4.78, 5) is 18.9. The lowest BCUT2D eigenvalue weighted by Crippen LogP contribution is -2.51. The number of halogens is 3. The first kappa shape index (κ1) is 26.3. The summed E-state index contributed by atoms with van der Waals surface area (Å²) in [5.41, 5.74) is 3.97. The number of benzene rings is 2. The molecule has 39 heavy (non-hydrogen) atoms. The van der Waals surface area contributed by atoms with Crippen LogP contribution >= 0.6 is 23.2 Å². The molecule has 2 aliphatic heterocycles. The SMILES string of the molecule is CC(O)C1CN(CCc2ccc(-c3cc(Cl)c4cn(C(C(=O)O)c5ncn6c5C[C@@H](F)C6)nc4c3Cl)cc2)C1. The van der Waals surface area contributed by atoms with E-state index in [-0.39, 0.29) is 24.8 Å². The summed E-state index contributed by atoms with van der Waals surface area (Å²) in [5.74, 6) is -0.791. The third-order valence-electron chi connectivity index (χ3n) is 7.90. The molecule has 2 unspecified atom stereocenters. The lowest BCUT2D eigenvalue weighted by molar-refractivity contribution is -0.139. The van der Waals surface area contributed by atoms with Crippen molar-refractivity contribution in [3.8, 4) is 11.1 Å². The number of nitrogens with zero attached hydrogens (tertiary/aromatic N) is 5. The van der Waals surface area contributed by atoms with Crippen molar-refractivity contribution in [1.82, 2.24) is 24.2 Å². The highest BCUT2D eigenvalue weighted by Gasteiger charge is 2.34. The van der Waals surface area contributed by atoms with E-state index >= 15 is 0 Å². The smallest absolute Gasteiger partial charge is 0.334 e. The van der Waals surface area contributed by atoms with E-state index in [1.165, 1.54) is 16.6 Å². The number of likely N-dealkylation sites (tertiary alicyclic amines) is 1. The monoisotopic (exact) mass is 571 g/mol. The second-order valence-corrected chi connectivity index (χ2v) is 11.4. The van der Waals surface area contributed by atoms with Crippen molar-refractivity contribution in [2.24, 2.45) is 5.92 Å². The minimum atomic E-state index is -1.24. The Morgan fingerprint density at radius 1 is 1.21 bits per heavy atom. The Balaban J connectivity index is 1.26. The maximum Gasteiger partial charge on any atom is 0.334 e. The van der Waals surface area contributed by atoms with Crippen LogP contribution < -0.4 is 0 Å². The maximum atomic E-state index is 14.0. The van der Waals surface area contributed by atoms with Crippen LogP contribution in [0.3, 0.4) is 0 Å². The van der Waals surface area contributed by atoms with Crippen LogP contribution in [0.2, 0.25) is 10.0 Å². The molecule has 2 aromatic carbocycles. The van der Waals surface area contributed by atoms with E-state index in [0.717, 1.165) is 31.6 Å². The highest BCUT2D eigenvalue weighted by atomic mass is 35.5. The third-order valence-corrected chi connectivity index (χ3v) is 8.59. The van der Waals surface area contributed by atoms with Gasteiger partial charge in [-0.15, -0.1) is 0 Å². The molecule has 1 saturated heterocycles. The molecule has 4 aromatic rings. The summed E-state index contributed by atoms with van der Waals surface area (Å²) < 4.78 is 16.9. The van der Waals surface area contributed by atoms with Gasteiger partial charge in [0.25, 0.3) is 0 Å². The standard InChI is InChI=1S/C28H28Cl2FN5O3/c1-15(37)18-10-34(11-18)7-6-16-2-4-17(5-3-16)20-9-22(29)21-13-36(33-25(21)24(20)30)27(28(38)39)26-23-8-19(31)12-35(23)14-32-26/h2-5,9,13-15,18-19,27,37H,6-8,10-12H2,1H3,(H,38,39)/t15?,19-,27?/m1/s1. The number of imidazole rings is 1. The van der Waals surface area contributed by atoms with Gasteiger partial charge >= 0.3 is 5.97 Å². The number of rotatable bonds is 8. The Kier molecular flexibility index (Phi) is 6.87. The van der Waals surface area contributed by atoms with Gasteiger partial charge in [0.05, 0.1) is 34.7 Å². The Labute approximate surface area is 234 Å². The zero-order chi connectivity index (χ0) is 27.4. The largest absolute Gasteiger partial charge is 0.479 e. The van der Waals surface area contributed by atoms with Crippen molar-refractivity contribution in [2.75, 3.05) is 19.6 Å². The zero-order valence-electron chi connectivity index (χ0n) is 21.3. The predicted octanol–water partition coefficient (Wildman–Crippen LogP) is 4.63. The van der Waals surface area contributed by atoms with Gasteiger partial charge in [-0.05, 0) is 30.5 Å². The average Bonchev–Trinajstić information content (AvgIpc) is 3.56. The number of alkyl halides is 1. The second-order valence-electron chi connectivity index (χ2n) is 10.6. The molecule has 0 radical (unpaired) electrons. The van der Waals surface area contributed by atoms with Crippen LogP contribution in [0.4, 0.5) is 4.39 Å². The number of carbonyl (C=O) groups is 1. The summed E-state index contributed by atoms with van der Waals surface area (Å²) in [6, 6.07) is 8.63. The van der Waals surface area contributed by atoms with Gasteiger partial charge in [0, 0.05) is 54.8 Å². The molecule has 2 N–H and O–H groups in total. The number of aliphatic hydroxyl groups is 1. The molecular formula is C28H28Cl2FN5O3. The van der Waals surface area contributed by atoms with E-state index < -0.39 is 18.2 Å². The summed E-state index contributed by atoms with van der Waals surface area (Å²) in [6.07, 6.45) is 2.72. The molecule has 1 fully saturated rings. The number of aliphatic carboxylic acids is 1. The van der Waals surface area contributed by atoms with E-state index in [2.05, 4.69) is 27.1 Å². The normalized spacial score (nSPS) is 19.3. The minimum absolute atomic E-state index is 0.113. The minimum Gasteiger partial charge on any atom is -0.479 e. The Morgan fingerprint density at radius 3 is 2.64 bits per heavy atom. The van der Waals surface area contributed by atoms with Crippen molar-refractivity contribution in [3.05, 3.63) is 69.9 Å². The fraction of sp³-hybridized carbons (Fsp3) is 0.393. The topological polar surface area (TPSA) is 96.4 Å². The Morgan fingerprint density at radius 2 is 1.95 bits per heavy atom. The van der Waals surface area contributed by atoms with E-state index in [4.69, 9.17) is 23.2 Å². The van der Waals surface area contributed by atoms with Gasteiger partial charge in [0.15, 0.2) is 6.04 Å². The molecule has 2 aromatic heterocycles. The van der Waals surface area contributed by atoms with Gasteiger partial charge in [-0.25, -0.2) is 14.2 Å². The van der Waals surface area contributed by atoms with Crippen LogP contribution in [0.25, 0.3) is 22.0 Å². The van der Waals surface area contributed by atoms with Crippen LogP contribution in [0.5, 0.6) is 0 Å². The second kappa shape index (κ2) is 10.2. The number of fused-ring (bicyclic) bond motifs is 2.